The second kappa shape index (κ2) is 7.04. The van der Waals surface area contributed by atoms with Crippen LogP contribution < -0.4 is 5.32 Å². The highest BCUT2D eigenvalue weighted by Gasteiger charge is 2.29. The predicted octanol–water partition coefficient (Wildman–Crippen LogP) is 3.11. The van der Waals surface area contributed by atoms with Crippen LogP contribution in [0.2, 0.25) is 0 Å². The lowest BCUT2D eigenvalue weighted by Gasteiger charge is -2.24. The fraction of sp³-hybridized carbons (Fsp3) is 0.579. The number of amides is 1. The van der Waals surface area contributed by atoms with Gasteiger partial charge in [0.15, 0.2) is 0 Å². The summed E-state index contributed by atoms with van der Waals surface area (Å²) in [5.41, 5.74) is 1.29. The monoisotopic (exact) mass is 341 g/mol. The van der Waals surface area contributed by atoms with Crippen LogP contribution in [0.1, 0.15) is 56.3 Å². The second-order valence-electron chi connectivity index (χ2n) is 7.32. The largest absolute Gasteiger partial charge is 0.353 e. The maximum atomic E-state index is 12.6. The Morgan fingerprint density at radius 1 is 1.24 bits per heavy atom. The van der Waals surface area contributed by atoms with Crippen LogP contribution in [0.4, 0.5) is 5.82 Å². The van der Waals surface area contributed by atoms with Crippen LogP contribution in [0.25, 0.3) is 0 Å². The van der Waals surface area contributed by atoms with Gasteiger partial charge in [0.1, 0.15) is 5.82 Å². The van der Waals surface area contributed by atoms with Gasteiger partial charge in [-0.05, 0) is 44.4 Å². The van der Waals surface area contributed by atoms with E-state index in [9.17, 15) is 4.79 Å². The minimum Gasteiger partial charge on any atom is -0.353 e. The molecule has 0 radical (unpaired) electrons. The molecule has 2 aliphatic rings. The van der Waals surface area contributed by atoms with Gasteiger partial charge >= 0.3 is 0 Å². The zero-order valence-electron chi connectivity index (χ0n) is 14.9. The SMILES string of the molecule is Cn1cccc1[C@@H]1CCCN1CC(=O)Nc1ccnn1C1CCCC1. The topological polar surface area (TPSA) is 55.1 Å². The molecular formula is C19H27N5O. The number of carbonyl (C=O) groups is 1. The van der Waals surface area contributed by atoms with Gasteiger partial charge in [-0.15, -0.1) is 0 Å². The van der Waals surface area contributed by atoms with Crippen LogP contribution in [-0.4, -0.2) is 38.2 Å². The van der Waals surface area contributed by atoms with E-state index < -0.39 is 0 Å². The molecule has 1 aliphatic heterocycles. The third-order valence-corrected chi connectivity index (χ3v) is 5.64. The highest BCUT2D eigenvalue weighted by molar-refractivity contribution is 5.91. The smallest absolute Gasteiger partial charge is 0.239 e. The molecule has 2 fully saturated rings. The molecule has 0 aromatic carbocycles. The Kier molecular flexibility index (Phi) is 4.61. The molecule has 3 heterocycles. The van der Waals surface area contributed by atoms with Crippen molar-refractivity contribution in [2.45, 2.75) is 50.6 Å². The molecule has 6 heteroatoms. The summed E-state index contributed by atoms with van der Waals surface area (Å²) in [4.78, 5) is 14.9. The van der Waals surface area contributed by atoms with E-state index in [0.29, 0.717) is 18.6 Å². The number of hydrogen-bond acceptors (Lipinski definition) is 3. The molecule has 6 nitrogen and oxygen atoms in total. The molecule has 134 valence electrons. The Bertz CT molecular complexity index is 728. The van der Waals surface area contributed by atoms with Crippen molar-refractivity contribution >= 4 is 11.7 Å². The van der Waals surface area contributed by atoms with Gasteiger partial charge in [0, 0.05) is 25.0 Å². The van der Waals surface area contributed by atoms with Crippen molar-refractivity contribution in [2.24, 2.45) is 7.05 Å². The summed E-state index contributed by atoms with van der Waals surface area (Å²) < 4.78 is 4.17. The maximum absolute atomic E-state index is 12.6. The average molecular weight is 341 g/mol. The lowest BCUT2D eigenvalue weighted by atomic mass is 10.1. The maximum Gasteiger partial charge on any atom is 0.239 e. The van der Waals surface area contributed by atoms with Crippen LogP contribution >= 0.6 is 0 Å². The zero-order valence-corrected chi connectivity index (χ0v) is 14.9. The molecular weight excluding hydrogens is 314 g/mol. The molecule has 0 unspecified atom stereocenters. The molecule has 1 saturated heterocycles. The van der Waals surface area contributed by atoms with Crippen LogP contribution in [0, 0.1) is 0 Å². The Labute approximate surface area is 148 Å². The molecule has 1 amide bonds. The summed E-state index contributed by atoms with van der Waals surface area (Å²) >= 11 is 0. The van der Waals surface area contributed by atoms with E-state index >= 15 is 0 Å². The summed E-state index contributed by atoms with van der Waals surface area (Å²) in [7, 11) is 2.08. The van der Waals surface area contributed by atoms with Gasteiger partial charge in [0.25, 0.3) is 0 Å². The fourth-order valence-electron chi connectivity index (χ4n) is 4.39. The first-order chi connectivity index (χ1) is 12.2. The summed E-state index contributed by atoms with van der Waals surface area (Å²) in [6, 6.07) is 6.93. The molecule has 2 aromatic rings. The quantitative estimate of drug-likeness (QED) is 0.909. The van der Waals surface area contributed by atoms with E-state index in [1.165, 1.54) is 18.5 Å². The van der Waals surface area contributed by atoms with Gasteiger partial charge in [0.05, 0.1) is 24.8 Å². The number of anilines is 1. The molecule has 2 aromatic heterocycles. The molecule has 25 heavy (non-hydrogen) atoms. The second-order valence-corrected chi connectivity index (χ2v) is 7.32. The van der Waals surface area contributed by atoms with Gasteiger partial charge < -0.3 is 9.88 Å². The Hall–Kier alpha value is -2.08. The lowest BCUT2D eigenvalue weighted by Crippen LogP contribution is -2.34. The van der Waals surface area contributed by atoms with Crippen LogP contribution in [0.15, 0.2) is 30.6 Å². The number of carbonyl (C=O) groups excluding carboxylic acids is 1. The molecule has 0 spiro atoms. The number of nitrogens with zero attached hydrogens (tertiary/aromatic N) is 4. The van der Waals surface area contributed by atoms with Gasteiger partial charge in [-0.1, -0.05) is 12.8 Å². The normalized spacial score (nSPS) is 21.9. The first kappa shape index (κ1) is 16.4. The van der Waals surface area contributed by atoms with E-state index in [4.69, 9.17) is 0 Å². The molecule has 1 atom stereocenters. The standard InChI is InChI=1S/C19H27N5O/c1-22-12-4-8-16(22)17-9-5-13-23(17)14-19(25)21-18-10-11-20-24(18)15-6-2-3-7-15/h4,8,10-12,15,17H,2-3,5-7,9,13-14H2,1H3,(H,21,25)/t17-/m0/s1. The van der Waals surface area contributed by atoms with Crippen molar-refractivity contribution in [3.05, 3.63) is 36.3 Å². The molecule has 1 N–H and O–H groups in total. The van der Waals surface area contributed by atoms with E-state index in [-0.39, 0.29) is 5.91 Å². The highest BCUT2D eigenvalue weighted by atomic mass is 16.2. The summed E-state index contributed by atoms with van der Waals surface area (Å²) in [6.07, 6.45) is 10.9. The number of likely N-dealkylation sites (tertiary alicyclic amines) is 1. The van der Waals surface area contributed by atoms with Crippen LogP contribution in [0.3, 0.4) is 0 Å². The number of hydrogen-bond donors (Lipinski definition) is 1. The van der Waals surface area contributed by atoms with Gasteiger partial charge in [0.2, 0.25) is 5.91 Å². The van der Waals surface area contributed by atoms with Gasteiger partial charge in [-0.2, -0.15) is 5.10 Å². The number of aryl methyl sites for hydroxylation is 1. The minimum atomic E-state index is 0.0563. The fourth-order valence-corrected chi connectivity index (χ4v) is 4.39. The van der Waals surface area contributed by atoms with Crippen molar-refractivity contribution in [3.8, 4) is 0 Å². The van der Waals surface area contributed by atoms with Gasteiger partial charge in [-0.25, -0.2) is 4.68 Å². The molecule has 1 aliphatic carbocycles. The van der Waals surface area contributed by atoms with E-state index in [2.05, 4.69) is 45.3 Å². The number of rotatable bonds is 5. The van der Waals surface area contributed by atoms with Crippen molar-refractivity contribution in [3.63, 3.8) is 0 Å². The Balaban J connectivity index is 1.41. The van der Waals surface area contributed by atoms with E-state index in [1.54, 1.807) is 6.20 Å². The molecule has 0 bridgehead atoms. The summed E-state index contributed by atoms with van der Waals surface area (Å²) in [6.45, 7) is 1.41. The van der Waals surface area contributed by atoms with Crippen molar-refractivity contribution in [1.29, 1.82) is 0 Å². The zero-order chi connectivity index (χ0) is 17.2. The Morgan fingerprint density at radius 3 is 2.84 bits per heavy atom. The molecule has 4 rings (SSSR count). The first-order valence-corrected chi connectivity index (χ1v) is 9.41. The van der Waals surface area contributed by atoms with E-state index in [0.717, 1.165) is 38.0 Å². The van der Waals surface area contributed by atoms with E-state index in [1.807, 2.05) is 10.7 Å². The highest BCUT2D eigenvalue weighted by Crippen LogP contribution is 2.32. The first-order valence-electron chi connectivity index (χ1n) is 9.41. The third kappa shape index (κ3) is 3.35. The van der Waals surface area contributed by atoms with Crippen molar-refractivity contribution < 1.29 is 4.79 Å². The van der Waals surface area contributed by atoms with Crippen LogP contribution in [-0.2, 0) is 11.8 Å². The number of nitrogens with one attached hydrogen (secondary N) is 1. The predicted molar refractivity (Wildman–Crippen MR) is 97.3 cm³/mol. The summed E-state index contributed by atoms with van der Waals surface area (Å²) in [5.74, 6) is 0.896. The average Bonchev–Trinajstić information content (AvgIpc) is 3.33. The lowest BCUT2D eigenvalue weighted by molar-refractivity contribution is -0.117. The minimum absolute atomic E-state index is 0.0563. The van der Waals surface area contributed by atoms with Crippen LogP contribution in [0.5, 0.6) is 0 Å². The Morgan fingerprint density at radius 2 is 2.08 bits per heavy atom. The van der Waals surface area contributed by atoms with Crippen molar-refractivity contribution in [2.75, 3.05) is 18.4 Å². The number of aromatic nitrogens is 3. The summed E-state index contributed by atoms with van der Waals surface area (Å²) in [5, 5.41) is 7.52. The molecule has 1 saturated carbocycles. The van der Waals surface area contributed by atoms with Gasteiger partial charge in [-0.3, -0.25) is 9.69 Å². The van der Waals surface area contributed by atoms with Crippen molar-refractivity contribution in [1.82, 2.24) is 19.2 Å². The third-order valence-electron chi connectivity index (χ3n) is 5.64.